The molecule has 0 aliphatic carbocycles. The molecule has 0 bridgehead atoms. The van der Waals surface area contributed by atoms with Crippen LogP contribution in [0.5, 0.6) is 0 Å². The van der Waals surface area contributed by atoms with Crippen molar-refractivity contribution in [3.05, 3.63) is 11.6 Å². The number of sulfone groups is 1. The van der Waals surface area contributed by atoms with Crippen molar-refractivity contribution in [2.45, 2.75) is 19.2 Å². The van der Waals surface area contributed by atoms with Gasteiger partial charge in [0.15, 0.2) is 9.84 Å². The summed E-state index contributed by atoms with van der Waals surface area (Å²) < 4.78 is 28.7. The van der Waals surface area contributed by atoms with E-state index in [1.165, 1.54) is 7.11 Å². The first-order valence-corrected chi connectivity index (χ1v) is 9.07. The molecule has 0 N–H and O–H groups in total. The fraction of sp³-hybridized carbons (Fsp3) is 0.750. The SMILES string of the molecule is CCS(=O)(=O)C1CSCCN1C/C=C(\C)C(=O)OC. The van der Waals surface area contributed by atoms with E-state index in [2.05, 4.69) is 4.74 Å². The Morgan fingerprint density at radius 1 is 1.53 bits per heavy atom. The molecule has 110 valence electrons. The molecule has 1 fully saturated rings. The molecule has 7 heteroatoms. The summed E-state index contributed by atoms with van der Waals surface area (Å²) in [7, 11) is -1.75. The topological polar surface area (TPSA) is 63.7 Å². The molecule has 1 rings (SSSR count). The first kappa shape index (κ1) is 16.5. The Kier molecular flexibility index (Phi) is 6.35. The molecule has 0 aromatic rings. The molecule has 0 saturated carbocycles. The smallest absolute Gasteiger partial charge is 0.333 e. The summed E-state index contributed by atoms with van der Waals surface area (Å²) in [6.07, 6.45) is 1.74. The van der Waals surface area contributed by atoms with Crippen LogP contribution in [0.1, 0.15) is 13.8 Å². The van der Waals surface area contributed by atoms with Crippen molar-refractivity contribution < 1.29 is 17.9 Å². The first-order valence-electron chi connectivity index (χ1n) is 6.20. The van der Waals surface area contributed by atoms with Gasteiger partial charge >= 0.3 is 5.97 Å². The van der Waals surface area contributed by atoms with E-state index in [0.29, 0.717) is 17.9 Å². The number of hydrogen-bond acceptors (Lipinski definition) is 6. The lowest BCUT2D eigenvalue weighted by molar-refractivity contribution is -0.136. The minimum atomic E-state index is -3.08. The lowest BCUT2D eigenvalue weighted by atomic mass is 10.3. The van der Waals surface area contributed by atoms with E-state index in [1.807, 2.05) is 4.90 Å². The van der Waals surface area contributed by atoms with Gasteiger partial charge in [-0.15, -0.1) is 0 Å². The third-order valence-corrected chi connectivity index (χ3v) is 6.48. The maximum atomic E-state index is 12.0. The van der Waals surface area contributed by atoms with Crippen LogP contribution in [-0.2, 0) is 19.4 Å². The van der Waals surface area contributed by atoms with Crippen LogP contribution in [-0.4, -0.2) is 62.1 Å². The second kappa shape index (κ2) is 7.31. The number of carbonyl (C=O) groups excluding carboxylic acids is 1. The number of ether oxygens (including phenoxy) is 1. The number of hydrogen-bond donors (Lipinski definition) is 0. The van der Waals surface area contributed by atoms with E-state index in [4.69, 9.17) is 0 Å². The van der Waals surface area contributed by atoms with Crippen molar-refractivity contribution in [2.75, 3.05) is 37.5 Å². The second-order valence-corrected chi connectivity index (χ2v) is 7.95. The van der Waals surface area contributed by atoms with Crippen LogP contribution < -0.4 is 0 Å². The van der Waals surface area contributed by atoms with Crippen LogP contribution in [0, 0.1) is 0 Å². The van der Waals surface area contributed by atoms with Crippen LogP contribution in [0.3, 0.4) is 0 Å². The van der Waals surface area contributed by atoms with Gasteiger partial charge in [-0.25, -0.2) is 13.2 Å². The molecule has 0 radical (unpaired) electrons. The van der Waals surface area contributed by atoms with Gasteiger partial charge in [-0.05, 0) is 6.92 Å². The van der Waals surface area contributed by atoms with Gasteiger partial charge < -0.3 is 4.74 Å². The van der Waals surface area contributed by atoms with E-state index in [-0.39, 0.29) is 11.7 Å². The Morgan fingerprint density at radius 3 is 2.79 bits per heavy atom. The molecule has 0 aromatic heterocycles. The van der Waals surface area contributed by atoms with Crippen molar-refractivity contribution in [1.82, 2.24) is 4.90 Å². The standard InChI is InChI=1S/C12H21NO4S2/c1-4-19(15,16)11-9-18-8-7-13(11)6-5-10(2)12(14)17-3/h5,11H,4,6-9H2,1-3H3/b10-5+. The number of methoxy groups -OCH3 is 1. The second-order valence-electron chi connectivity index (χ2n) is 4.35. The molecular weight excluding hydrogens is 286 g/mol. The highest BCUT2D eigenvalue weighted by Crippen LogP contribution is 2.21. The summed E-state index contributed by atoms with van der Waals surface area (Å²) in [5.41, 5.74) is 0.508. The third-order valence-electron chi connectivity index (χ3n) is 3.15. The zero-order valence-electron chi connectivity index (χ0n) is 11.6. The average Bonchev–Trinajstić information content (AvgIpc) is 2.44. The zero-order valence-corrected chi connectivity index (χ0v) is 13.2. The summed E-state index contributed by atoms with van der Waals surface area (Å²) in [6, 6.07) is 0. The number of thioether (sulfide) groups is 1. The van der Waals surface area contributed by atoms with Gasteiger partial charge in [0, 0.05) is 35.9 Å². The lowest BCUT2D eigenvalue weighted by Crippen LogP contribution is -2.47. The van der Waals surface area contributed by atoms with Gasteiger partial charge in [-0.3, -0.25) is 4.90 Å². The van der Waals surface area contributed by atoms with E-state index < -0.39 is 15.2 Å². The highest BCUT2D eigenvalue weighted by atomic mass is 32.2. The van der Waals surface area contributed by atoms with Gasteiger partial charge in [-0.2, -0.15) is 11.8 Å². The summed E-state index contributed by atoms with van der Waals surface area (Å²) >= 11 is 1.66. The number of nitrogens with zero attached hydrogens (tertiary/aromatic N) is 1. The summed E-state index contributed by atoms with van der Waals surface area (Å²) in [5, 5.41) is -0.446. The normalized spacial score (nSPS) is 22.3. The van der Waals surface area contributed by atoms with E-state index in [1.54, 1.807) is 31.7 Å². The molecule has 1 heterocycles. The quantitative estimate of drug-likeness (QED) is 0.556. The highest BCUT2D eigenvalue weighted by Gasteiger charge is 2.32. The molecule has 0 aromatic carbocycles. The molecule has 5 nitrogen and oxygen atoms in total. The zero-order chi connectivity index (χ0) is 14.5. The molecule has 1 aliphatic rings. The van der Waals surface area contributed by atoms with Crippen LogP contribution >= 0.6 is 11.8 Å². The predicted octanol–water partition coefficient (Wildman–Crippen LogP) is 0.915. The van der Waals surface area contributed by atoms with Crippen molar-refractivity contribution >= 4 is 27.6 Å². The molecule has 19 heavy (non-hydrogen) atoms. The largest absolute Gasteiger partial charge is 0.466 e. The average molecular weight is 307 g/mol. The Labute approximate surface area is 119 Å². The van der Waals surface area contributed by atoms with E-state index in [0.717, 1.165) is 12.3 Å². The van der Waals surface area contributed by atoms with Gasteiger partial charge in [0.05, 0.1) is 7.11 Å². The maximum Gasteiger partial charge on any atom is 0.333 e. The Morgan fingerprint density at radius 2 is 2.21 bits per heavy atom. The van der Waals surface area contributed by atoms with Gasteiger partial charge in [-0.1, -0.05) is 13.0 Å². The Balaban J connectivity index is 2.77. The van der Waals surface area contributed by atoms with Crippen molar-refractivity contribution in [3.8, 4) is 0 Å². The van der Waals surface area contributed by atoms with Crippen molar-refractivity contribution in [1.29, 1.82) is 0 Å². The Hall–Kier alpha value is -0.530. The molecule has 0 spiro atoms. The van der Waals surface area contributed by atoms with Crippen LogP contribution in [0.25, 0.3) is 0 Å². The minimum absolute atomic E-state index is 0.147. The van der Waals surface area contributed by atoms with Gasteiger partial charge in [0.1, 0.15) is 5.37 Å². The molecule has 1 saturated heterocycles. The first-order chi connectivity index (χ1) is 8.92. The Bertz CT molecular complexity index is 445. The summed E-state index contributed by atoms with van der Waals surface area (Å²) in [5.74, 6) is 1.29. The third kappa shape index (κ3) is 4.50. The minimum Gasteiger partial charge on any atom is -0.466 e. The fourth-order valence-electron chi connectivity index (χ4n) is 1.85. The van der Waals surface area contributed by atoms with Crippen LogP contribution in [0.4, 0.5) is 0 Å². The number of rotatable bonds is 5. The van der Waals surface area contributed by atoms with Gasteiger partial charge in [0.2, 0.25) is 0 Å². The molecule has 1 aliphatic heterocycles. The summed E-state index contributed by atoms with van der Waals surface area (Å²) in [4.78, 5) is 13.2. The van der Waals surface area contributed by atoms with Crippen molar-refractivity contribution in [3.63, 3.8) is 0 Å². The monoisotopic (exact) mass is 307 g/mol. The fourth-order valence-corrected chi connectivity index (χ4v) is 4.94. The predicted molar refractivity (Wildman–Crippen MR) is 77.9 cm³/mol. The molecule has 1 unspecified atom stereocenters. The van der Waals surface area contributed by atoms with Crippen LogP contribution in [0.15, 0.2) is 11.6 Å². The molecule has 0 amide bonds. The van der Waals surface area contributed by atoms with E-state index in [9.17, 15) is 13.2 Å². The molecule has 1 atom stereocenters. The number of carbonyl (C=O) groups is 1. The molecular formula is C12H21NO4S2. The summed E-state index contributed by atoms with van der Waals surface area (Å²) in [6.45, 7) is 4.53. The van der Waals surface area contributed by atoms with Gasteiger partial charge in [0.25, 0.3) is 0 Å². The highest BCUT2D eigenvalue weighted by molar-refractivity contribution is 8.01. The van der Waals surface area contributed by atoms with Crippen molar-refractivity contribution in [2.24, 2.45) is 0 Å². The number of esters is 1. The van der Waals surface area contributed by atoms with Crippen LogP contribution in [0.2, 0.25) is 0 Å². The maximum absolute atomic E-state index is 12.0. The van der Waals surface area contributed by atoms with E-state index >= 15 is 0 Å². The lowest BCUT2D eigenvalue weighted by Gasteiger charge is -2.33.